The minimum atomic E-state index is -0.997. The predicted octanol–water partition coefficient (Wildman–Crippen LogP) is 1.30. The molecule has 6 nitrogen and oxygen atoms in total. The van der Waals surface area contributed by atoms with Gasteiger partial charge in [0.15, 0.2) is 0 Å². The quantitative estimate of drug-likeness (QED) is 0.808. The van der Waals surface area contributed by atoms with Crippen LogP contribution in [0.4, 0.5) is 4.79 Å². The van der Waals surface area contributed by atoms with Crippen LogP contribution in [-0.4, -0.2) is 53.8 Å². The molecule has 110 valence electrons. The van der Waals surface area contributed by atoms with Crippen molar-refractivity contribution in [2.24, 2.45) is 5.92 Å². The maximum Gasteiger partial charge on any atom is 0.326 e. The van der Waals surface area contributed by atoms with E-state index in [-0.39, 0.29) is 24.1 Å². The van der Waals surface area contributed by atoms with Crippen LogP contribution in [0.15, 0.2) is 0 Å². The first-order valence-electron chi connectivity index (χ1n) is 6.69. The van der Waals surface area contributed by atoms with Crippen LogP contribution in [0.2, 0.25) is 0 Å². The Morgan fingerprint density at radius 3 is 2.47 bits per heavy atom. The largest absolute Gasteiger partial charge is 0.480 e. The fraction of sp³-hybridized carbons (Fsp3) is 0.846. The molecule has 3 unspecified atom stereocenters. The van der Waals surface area contributed by atoms with Crippen molar-refractivity contribution in [2.45, 2.75) is 51.8 Å². The lowest BCUT2D eigenvalue weighted by Crippen LogP contribution is -2.55. The number of aliphatic carboxylic acids is 1. The number of nitrogens with one attached hydrogen (secondary N) is 1. The SMILES string of the molecule is COC1CCN(C(=O)NC(C(=O)O)C(C)C)C(C)C1. The number of carbonyl (C=O) groups is 2. The Balaban J connectivity index is 2.60. The van der Waals surface area contributed by atoms with Crippen molar-refractivity contribution < 1.29 is 19.4 Å². The van der Waals surface area contributed by atoms with E-state index >= 15 is 0 Å². The van der Waals surface area contributed by atoms with Crippen LogP contribution in [0.5, 0.6) is 0 Å². The lowest BCUT2D eigenvalue weighted by molar-refractivity contribution is -0.140. The molecule has 1 aliphatic rings. The van der Waals surface area contributed by atoms with Gasteiger partial charge in [-0.2, -0.15) is 0 Å². The van der Waals surface area contributed by atoms with Crippen molar-refractivity contribution in [3.63, 3.8) is 0 Å². The molecule has 0 aromatic heterocycles. The van der Waals surface area contributed by atoms with E-state index in [1.54, 1.807) is 25.9 Å². The summed E-state index contributed by atoms with van der Waals surface area (Å²) in [6.45, 7) is 6.10. The van der Waals surface area contributed by atoms with Gasteiger partial charge in [-0.3, -0.25) is 0 Å². The molecule has 1 heterocycles. The Morgan fingerprint density at radius 1 is 1.42 bits per heavy atom. The fourth-order valence-electron chi connectivity index (χ4n) is 2.37. The third-order valence-electron chi connectivity index (χ3n) is 3.63. The highest BCUT2D eigenvalue weighted by atomic mass is 16.5. The van der Waals surface area contributed by atoms with E-state index in [2.05, 4.69) is 5.32 Å². The summed E-state index contributed by atoms with van der Waals surface area (Å²) >= 11 is 0. The zero-order valence-corrected chi connectivity index (χ0v) is 12.0. The Bertz CT molecular complexity index is 333. The van der Waals surface area contributed by atoms with Gasteiger partial charge < -0.3 is 20.1 Å². The molecule has 2 N–H and O–H groups in total. The lowest BCUT2D eigenvalue weighted by Gasteiger charge is -2.37. The summed E-state index contributed by atoms with van der Waals surface area (Å²) in [4.78, 5) is 24.9. The van der Waals surface area contributed by atoms with E-state index in [0.29, 0.717) is 6.54 Å². The Morgan fingerprint density at radius 2 is 2.05 bits per heavy atom. The molecule has 0 aliphatic carbocycles. The topological polar surface area (TPSA) is 78.9 Å². The van der Waals surface area contributed by atoms with Gasteiger partial charge in [0.05, 0.1) is 6.10 Å². The van der Waals surface area contributed by atoms with Crippen LogP contribution in [-0.2, 0) is 9.53 Å². The van der Waals surface area contributed by atoms with E-state index in [4.69, 9.17) is 9.84 Å². The van der Waals surface area contributed by atoms with Crippen molar-refractivity contribution in [3.05, 3.63) is 0 Å². The first kappa shape index (κ1) is 15.8. The number of carboxylic acids is 1. The average molecular weight is 272 g/mol. The van der Waals surface area contributed by atoms with Crippen molar-refractivity contribution >= 4 is 12.0 Å². The molecule has 1 aliphatic heterocycles. The van der Waals surface area contributed by atoms with Gasteiger partial charge >= 0.3 is 12.0 Å². The molecule has 0 bridgehead atoms. The Hall–Kier alpha value is -1.30. The monoisotopic (exact) mass is 272 g/mol. The first-order valence-corrected chi connectivity index (χ1v) is 6.69. The summed E-state index contributed by atoms with van der Waals surface area (Å²) in [5.41, 5.74) is 0. The van der Waals surface area contributed by atoms with Crippen LogP contribution in [0.1, 0.15) is 33.6 Å². The van der Waals surface area contributed by atoms with Gasteiger partial charge in [-0.25, -0.2) is 9.59 Å². The highest BCUT2D eigenvalue weighted by molar-refractivity contribution is 5.83. The molecule has 6 heteroatoms. The maximum atomic E-state index is 12.1. The van der Waals surface area contributed by atoms with Gasteiger partial charge in [-0.1, -0.05) is 13.8 Å². The Kier molecular flexibility index (Phi) is 5.60. The molecule has 1 fully saturated rings. The zero-order valence-electron chi connectivity index (χ0n) is 12.0. The van der Waals surface area contributed by atoms with Gasteiger partial charge in [0.2, 0.25) is 0 Å². The van der Waals surface area contributed by atoms with Gasteiger partial charge in [-0.05, 0) is 25.7 Å². The second-order valence-corrected chi connectivity index (χ2v) is 5.43. The average Bonchev–Trinajstić information content (AvgIpc) is 2.34. The molecule has 1 rings (SSSR count). The number of rotatable bonds is 4. The molecular formula is C13H24N2O4. The van der Waals surface area contributed by atoms with Gasteiger partial charge in [0.25, 0.3) is 0 Å². The predicted molar refractivity (Wildman–Crippen MR) is 71.0 cm³/mol. The molecule has 0 saturated carbocycles. The highest BCUT2D eigenvalue weighted by Crippen LogP contribution is 2.19. The fourth-order valence-corrected chi connectivity index (χ4v) is 2.37. The summed E-state index contributed by atoms with van der Waals surface area (Å²) in [6, 6.07) is -1.09. The number of hydrogen-bond acceptors (Lipinski definition) is 3. The summed E-state index contributed by atoms with van der Waals surface area (Å²) in [7, 11) is 1.67. The van der Waals surface area contributed by atoms with E-state index < -0.39 is 12.0 Å². The molecule has 0 aromatic carbocycles. The zero-order chi connectivity index (χ0) is 14.6. The van der Waals surface area contributed by atoms with E-state index in [1.807, 2.05) is 6.92 Å². The second kappa shape index (κ2) is 6.75. The lowest BCUT2D eigenvalue weighted by atomic mass is 10.0. The van der Waals surface area contributed by atoms with E-state index in [9.17, 15) is 9.59 Å². The third-order valence-corrected chi connectivity index (χ3v) is 3.63. The minimum Gasteiger partial charge on any atom is -0.480 e. The number of methoxy groups -OCH3 is 1. The third kappa shape index (κ3) is 4.09. The van der Waals surface area contributed by atoms with Crippen LogP contribution >= 0.6 is 0 Å². The molecule has 19 heavy (non-hydrogen) atoms. The number of carboxylic acid groups (broad SMARTS) is 1. The summed E-state index contributed by atoms with van der Waals surface area (Å²) in [5.74, 6) is -1.14. The number of urea groups is 1. The number of piperidine rings is 1. The number of nitrogens with zero attached hydrogens (tertiary/aromatic N) is 1. The molecule has 0 aromatic rings. The summed E-state index contributed by atoms with van der Waals surface area (Å²) in [5, 5.41) is 11.7. The van der Waals surface area contributed by atoms with Gasteiger partial charge in [0, 0.05) is 19.7 Å². The summed E-state index contributed by atoms with van der Waals surface area (Å²) < 4.78 is 5.29. The first-order chi connectivity index (χ1) is 8.86. The van der Waals surface area contributed by atoms with Gasteiger partial charge in [-0.15, -0.1) is 0 Å². The number of amides is 2. The minimum absolute atomic E-state index is 0.0558. The van der Waals surface area contributed by atoms with Crippen molar-refractivity contribution in [1.82, 2.24) is 10.2 Å². The van der Waals surface area contributed by atoms with Crippen molar-refractivity contribution in [3.8, 4) is 0 Å². The normalized spacial score (nSPS) is 25.2. The highest BCUT2D eigenvalue weighted by Gasteiger charge is 2.31. The molecule has 2 amide bonds. The Labute approximate surface area is 114 Å². The second-order valence-electron chi connectivity index (χ2n) is 5.43. The van der Waals surface area contributed by atoms with Gasteiger partial charge in [0.1, 0.15) is 6.04 Å². The molecule has 1 saturated heterocycles. The maximum absolute atomic E-state index is 12.1. The van der Waals surface area contributed by atoms with Crippen LogP contribution in [0.25, 0.3) is 0 Å². The van der Waals surface area contributed by atoms with Crippen molar-refractivity contribution in [2.75, 3.05) is 13.7 Å². The van der Waals surface area contributed by atoms with Crippen LogP contribution < -0.4 is 5.32 Å². The number of hydrogen-bond donors (Lipinski definition) is 2. The molecular weight excluding hydrogens is 248 g/mol. The van der Waals surface area contributed by atoms with Crippen molar-refractivity contribution in [1.29, 1.82) is 0 Å². The number of carbonyl (C=O) groups excluding carboxylic acids is 1. The molecule has 3 atom stereocenters. The summed E-state index contributed by atoms with van der Waals surface area (Å²) in [6.07, 6.45) is 1.75. The number of likely N-dealkylation sites (tertiary alicyclic amines) is 1. The smallest absolute Gasteiger partial charge is 0.326 e. The number of ether oxygens (including phenoxy) is 1. The van der Waals surface area contributed by atoms with Crippen LogP contribution in [0, 0.1) is 5.92 Å². The molecule has 0 spiro atoms. The van der Waals surface area contributed by atoms with E-state index in [0.717, 1.165) is 12.8 Å². The standard InChI is InChI=1S/C13H24N2O4/c1-8(2)11(12(16)17)14-13(18)15-6-5-10(19-4)7-9(15)3/h8-11H,5-7H2,1-4H3,(H,14,18)(H,16,17). The van der Waals surface area contributed by atoms with E-state index in [1.165, 1.54) is 0 Å². The van der Waals surface area contributed by atoms with Crippen LogP contribution in [0.3, 0.4) is 0 Å². The molecule has 0 radical (unpaired) electrons.